The van der Waals surface area contributed by atoms with Crippen LogP contribution in [0.1, 0.15) is 18.4 Å². The molecule has 4 nitrogen and oxygen atoms in total. The molecule has 0 amide bonds. The van der Waals surface area contributed by atoms with Gasteiger partial charge in [-0.15, -0.1) is 10.2 Å². The number of nitrogens with zero attached hydrogens (tertiary/aromatic N) is 3. The monoisotopic (exact) mass is 352 g/mol. The van der Waals surface area contributed by atoms with Crippen LogP contribution in [0, 0.1) is 0 Å². The van der Waals surface area contributed by atoms with Crippen molar-refractivity contribution in [3.63, 3.8) is 0 Å². The third-order valence-electron chi connectivity index (χ3n) is 4.82. The minimum absolute atomic E-state index is 0.422. The van der Waals surface area contributed by atoms with Crippen molar-refractivity contribution in [2.45, 2.75) is 25.4 Å². The number of hydrogen-bond donors (Lipinski definition) is 1. The Morgan fingerprint density at radius 2 is 1.60 bits per heavy atom. The van der Waals surface area contributed by atoms with Gasteiger partial charge in [0, 0.05) is 36.4 Å². The lowest BCUT2D eigenvalue weighted by Gasteiger charge is -2.32. The number of anilines is 1. The van der Waals surface area contributed by atoms with Gasteiger partial charge in [-0.05, 0) is 18.4 Å². The average molecular weight is 353 g/mol. The summed E-state index contributed by atoms with van der Waals surface area (Å²) in [5.74, 6) is 0.835. The van der Waals surface area contributed by atoms with E-state index in [2.05, 4.69) is 50.7 Å². The molecular weight excluding hydrogens is 332 g/mol. The Balaban J connectivity index is 1.40. The molecule has 2 heterocycles. The zero-order valence-electron chi connectivity index (χ0n) is 14.0. The molecular formula is C20H21ClN4. The number of fused-ring (bicyclic) bond motifs is 1. The maximum atomic E-state index is 6.16. The number of piperidine rings is 1. The van der Waals surface area contributed by atoms with Crippen LogP contribution >= 0.6 is 11.6 Å². The van der Waals surface area contributed by atoms with Crippen molar-refractivity contribution in [2.75, 3.05) is 18.4 Å². The van der Waals surface area contributed by atoms with Crippen LogP contribution in [0.4, 0.5) is 5.82 Å². The van der Waals surface area contributed by atoms with E-state index in [1.54, 1.807) is 0 Å². The summed E-state index contributed by atoms with van der Waals surface area (Å²) in [7, 11) is 0. The van der Waals surface area contributed by atoms with Crippen LogP contribution in [-0.2, 0) is 6.54 Å². The summed E-state index contributed by atoms with van der Waals surface area (Å²) in [5, 5.41) is 14.4. The molecule has 1 aliphatic heterocycles. The van der Waals surface area contributed by atoms with Crippen molar-refractivity contribution in [2.24, 2.45) is 0 Å². The van der Waals surface area contributed by atoms with Crippen molar-refractivity contribution < 1.29 is 0 Å². The maximum Gasteiger partial charge on any atom is 0.159 e. The van der Waals surface area contributed by atoms with Crippen LogP contribution in [0.3, 0.4) is 0 Å². The Bertz CT molecular complexity index is 845. The zero-order valence-corrected chi connectivity index (χ0v) is 14.8. The quantitative estimate of drug-likeness (QED) is 0.757. The fourth-order valence-electron chi connectivity index (χ4n) is 3.45. The predicted octanol–water partition coefficient (Wildman–Crippen LogP) is 4.36. The number of nitrogens with one attached hydrogen (secondary N) is 1. The van der Waals surface area contributed by atoms with Gasteiger partial charge in [-0.2, -0.15) is 0 Å². The second-order valence-corrected chi connectivity index (χ2v) is 6.92. The molecule has 128 valence electrons. The van der Waals surface area contributed by atoms with Crippen molar-refractivity contribution in [1.29, 1.82) is 0 Å². The first-order valence-electron chi connectivity index (χ1n) is 8.73. The molecule has 0 spiro atoms. The highest BCUT2D eigenvalue weighted by molar-refractivity contribution is 6.34. The number of benzene rings is 2. The third-order valence-corrected chi connectivity index (χ3v) is 5.10. The summed E-state index contributed by atoms with van der Waals surface area (Å²) < 4.78 is 0. The Labute approximate surface area is 152 Å². The van der Waals surface area contributed by atoms with E-state index in [1.807, 2.05) is 24.3 Å². The molecule has 1 N–H and O–H groups in total. The van der Waals surface area contributed by atoms with E-state index in [9.17, 15) is 0 Å². The highest BCUT2D eigenvalue weighted by Crippen LogP contribution is 2.27. The third kappa shape index (κ3) is 3.75. The summed E-state index contributed by atoms with van der Waals surface area (Å²) in [5.41, 5.74) is 1.38. The molecule has 2 aromatic carbocycles. The lowest BCUT2D eigenvalue weighted by Crippen LogP contribution is -2.38. The highest BCUT2D eigenvalue weighted by atomic mass is 35.5. The topological polar surface area (TPSA) is 41.1 Å². The largest absolute Gasteiger partial charge is 0.365 e. The minimum Gasteiger partial charge on any atom is -0.365 e. The Morgan fingerprint density at radius 1 is 0.920 bits per heavy atom. The van der Waals surface area contributed by atoms with E-state index in [1.165, 1.54) is 5.56 Å². The maximum absolute atomic E-state index is 6.16. The summed E-state index contributed by atoms with van der Waals surface area (Å²) in [6.07, 6.45) is 2.21. The number of rotatable bonds is 4. The number of halogens is 1. The molecule has 0 saturated carbocycles. The van der Waals surface area contributed by atoms with E-state index in [4.69, 9.17) is 11.6 Å². The van der Waals surface area contributed by atoms with Gasteiger partial charge in [-0.1, -0.05) is 66.2 Å². The van der Waals surface area contributed by atoms with Gasteiger partial charge >= 0.3 is 0 Å². The molecule has 25 heavy (non-hydrogen) atoms. The van der Waals surface area contributed by atoms with Crippen molar-refractivity contribution >= 4 is 28.2 Å². The van der Waals surface area contributed by atoms with Gasteiger partial charge in [0.15, 0.2) is 11.0 Å². The van der Waals surface area contributed by atoms with Crippen LogP contribution < -0.4 is 5.32 Å². The van der Waals surface area contributed by atoms with Crippen LogP contribution in [0.2, 0.25) is 5.15 Å². The summed E-state index contributed by atoms with van der Waals surface area (Å²) in [6, 6.07) is 19.1. The van der Waals surface area contributed by atoms with Gasteiger partial charge in [0.1, 0.15) is 0 Å². The van der Waals surface area contributed by atoms with Crippen molar-refractivity contribution in [3.05, 3.63) is 65.3 Å². The fourth-order valence-corrected chi connectivity index (χ4v) is 3.65. The summed E-state index contributed by atoms with van der Waals surface area (Å²) in [4.78, 5) is 2.51. The Morgan fingerprint density at radius 3 is 2.36 bits per heavy atom. The molecule has 0 unspecified atom stereocenters. The molecule has 4 rings (SSSR count). The van der Waals surface area contributed by atoms with E-state index < -0.39 is 0 Å². The first-order valence-corrected chi connectivity index (χ1v) is 9.11. The molecule has 1 saturated heterocycles. The van der Waals surface area contributed by atoms with E-state index in [0.717, 1.165) is 49.1 Å². The molecule has 1 fully saturated rings. The molecule has 0 bridgehead atoms. The van der Waals surface area contributed by atoms with Crippen LogP contribution in [-0.4, -0.2) is 34.2 Å². The number of hydrogen-bond acceptors (Lipinski definition) is 4. The summed E-state index contributed by atoms with van der Waals surface area (Å²) in [6.45, 7) is 3.20. The average Bonchev–Trinajstić information content (AvgIpc) is 2.67. The molecule has 3 aromatic rings. The number of likely N-dealkylation sites (tertiary alicyclic amines) is 1. The second kappa shape index (κ2) is 7.38. The first-order chi connectivity index (χ1) is 12.3. The standard InChI is InChI=1S/C20H21ClN4/c21-19-17-8-4-5-9-18(17)20(24-23-19)22-16-10-12-25(13-11-16)14-15-6-2-1-3-7-15/h1-9,16H,10-14H2,(H,22,24). The molecule has 5 heteroatoms. The SMILES string of the molecule is Clc1nnc(NC2CCN(Cc3ccccc3)CC2)c2ccccc12. The second-order valence-electron chi connectivity index (χ2n) is 6.57. The van der Waals surface area contributed by atoms with Gasteiger partial charge in [0.05, 0.1) is 0 Å². The molecule has 0 aliphatic carbocycles. The van der Waals surface area contributed by atoms with Crippen molar-refractivity contribution in [1.82, 2.24) is 15.1 Å². The van der Waals surface area contributed by atoms with Crippen LogP contribution in [0.5, 0.6) is 0 Å². The number of aromatic nitrogens is 2. The van der Waals surface area contributed by atoms with E-state index >= 15 is 0 Å². The van der Waals surface area contributed by atoms with Gasteiger partial charge in [0.25, 0.3) is 0 Å². The van der Waals surface area contributed by atoms with Gasteiger partial charge < -0.3 is 5.32 Å². The van der Waals surface area contributed by atoms with Gasteiger partial charge in [-0.25, -0.2) is 0 Å². The smallest absolute Gasteiger partial charge is 0.159 e. The lowest BCUT2D eigenvalue weighted by atomic mass is 10.0. The first kappa shape index (κ1) is 16.3. The highest BCUT2D eigenvalue weighted by Gasteiger charge is 2.20. The lowest BCUT2D eigenvalue weighted by molar-refractivity contribution is 0.211. The normalized spacial score (nSPS) is 16.2. The molecule has 0 radical (unpaired) electrons. The Kier molecular flexibility index (Phi) is 4.81. The Hall–Kier alpha value is -2.17. The van der Waals surface area contributed by atoms with Crippen LogP contribution in [0.15, 0.2) is 54.6 Å². The predicted molar refractivity (Wildman–Crippen MR) is 103 cm³/mol. The summed E-state index contributed by atoms with van der Waals surface area (Å²) >= 11 is 6.16. The van der Waals surface area contributed by atoms with E-state index in [-0.39, 0.29) is 0 Å². The molecule has 1 aromatic heterocycles. The van der Waals surface area contributed by atoms with Gasteiger partial charge in [-0.3, -0.25) is 4.90 Å². The van der Waals surface area contributed by atoms with Crippen LogP contribution in [0.25, 0.3) is 10.8 Å². The van der Waals surface area contributed by atoms with Gasteiger partial charge in [0.2, 0.25) is 0 Å². The van der Waals surface area contributed by atoms with Crippen molar-refractivity contribution in [3.8, 4) is 0 Å². The minimum atomic E-state index is 0.422. The zero-order chi connectivity index (χ0) is 17.1. The fraction of sp³-hybridized carbons (Fsp3) is 0.300. The molecule has 1 aliphatic rings. The van der Waals surface area contributed by atoms with E-state index in [0.29, 0.717) is 11.2 Å². The molecule has 0 atom stereocenters.